The van der Waals surface area contributed by atoms with Crippen molar-refractivity contribution in [2.45, 2.75) is 50.5 Å². The van der Waals surface area contributed by atoms with E-state index in [1.54, 1.807) is 7.05 Å². The van der Waals surface area contributed by atoms with Gasteiger partial charge in [-0.3, -0.25) is 9.69 Å². The lowest BCUT2D eigenvalue weighted by molar-refractivity contribution is -0.142. The topological polar surface area (TPSA) is 81.5 Å². The Morgan fingerprint density at radius 3 is 2.90 bits per heavy atom. The van der Waals surface area contributed by atoms with E-state index in [9.17, 15) is 9.18 Å². The molecule has 0 spiro atoms. The smallest absolute Gasteiger partial charge is 0.323 e. The predicted octanol–water partition coefficient (Wildman–Crippen LogP) is 1.89. The number of esters is 1. The van der Waals surface area contributed by atoms with Crippen LogP contribution in [0.25, 0.3) is 0 Å². The van der Waals surface area contributed by atoms with E-state index < -0.39 is 12.2 Å². The number of hydrogen-bond acceptors (Lipinski definition) is 7. The highest BCUT2D eigenvalue weighted by Crippen LogP contribution is 2.35. The van der Waals surface area contributed by atoms with Crippen molar-refractivity contribution >= 4 is 5.97 Å². The Balaban J connectivity index is 1.46. The summed E-state index contributed by atoms with van der Waals surface area (Å²) >= 11 is 0. The first-order valence-corrected chi connectivity index (χ1v) is 10.8. The summed E-state index contributed by atoms with van der Waals surface area (Å²) in [6.07, 6.45) is 3.67. The maximum Gasteiger partial charge on any atom is 0.323 e. The molecule has 0 radical (unpaired) electrons. The molecule has 3 heterocycles. The van der Waals surface area contributed by atoms with Gasteiger partial charge in [0.1, 0.15) is 18.0 Å². The van der Waals surface area contributed by atoms with Gasteiger partial charge in [-0.2, -0.15) is 0 Å². The zero-order valence-electron chi connectivity index (χ0n) is 18.1. The minimum absolute atomic E-state index is 0.0347. The molecule has 0 aliphatic carbocycles. The summed E-state index contributed by atoms with van der Waals surface area (Å²) in [5, 5.41) is 11.5. The van der Waals surface area contributed by atoms with Crippen molar-refractivity contribution in [2.24, 2.45) is 0 Å². The molecule has 2 atom stereocenters. The number of likely N-dealkylation sites (N-methyl/N-ethyl adjacent to an activating group) is 1. The predicted molar refractivity (Wildman–Crippen MR) is 113 cm³/mol. The number of ether oxygens (including phenoxy) is 2. The van der Waals surface area contributed by atoms with Gasteiger partial charge in [0, 0.05) is 44.2 Å². The summed E-state index contributed by atoms with van der Waals surface area (Å²) in [5.41, 5.74) is 2.98. The van der Waals surface area contributed by atoms with Gasteiger partial charge in [-0.05, 0) is 31.5 Å². The van der Waals surface area contributed by atoms with Gasteiger partial charge in [0.2, 0.25) is 0 Å². The Hall–Kier alpha value is -2.52. The summed E-state index contributed by atoms with van der Waals surface area (Å²) in [6.45, 7) is 3.00. The third-order valence-electron chi connectivity index (χ3n) is 6.13. The molecule has 2 aromatic rings. The van der Waals surface area contributed by atoms with Gasteiger partial charge in [0.05, 0.1) is 25.5 Å². The fourth-order valence-electron chi connectivity index (χ4n) is 4.32. The van der Waals surface area contributed by atoms with Crippen molar-refractivity contribution in [2.75, 3.05) is 33.9 Å². The molecule has 0 unspecified atom stereocenters. The van der Waals surface area contributed by atoms with E-state index >= 15 is 0 Å². The van der Waals surface area contributed by atoms with Crippen LogP contribution in [0, 0.1) is 0 Å². The standard InChI is InChI=1S/C22H30FN5O3/c1-24-19(22(29)30-2)12-17-14-28(26-25-17)20-7-10-31-21-11-15(3-4-18(20)21)13-27-8-5-16(23)6-9-27/h3-4,11,14,16,19-20,24H,5-10,12-13H2,1-2H3/t19-,20-/m1/s1. The first-order valence-electron chi connectivity index (χ1n) is 10.8. The average Bonchev–Trinajstić information content (AvgIpc) is 3.26. The SMILES string of the molecule is CN[C@H](Cc1cn([C@@H]2CCOc3cc(CN4CCC(F)CC4)ccc32)nn1)C(=O)OC. The summed E-state index contributed by atoms with van der Waals surface area (Å²) in [7, 11) is 3.10. The minimum Gasteiger partial charge on any atom is -0.493 e. The highest BCUT2D eigenvalue weighted by molar-refractivity contribution is 5.75. The van der Waals surface area contributed by atoms with Gasteiger partial charge in [-0.15, -0.1) is 5.10 Å². The monoisotopic (exact) mass is 431 g/mol. The molecule has 2 aliphatic rings. The van der Waals surface area contributed by atoms with Crippen molar-refractivity contribution < 1.29 is 18.7 Å². The largest absolute Gasteiger partial charge is 0.493 e. The summed E-state index contributed by atoms with van der Waals surface area (Å²) in [5.74, 6) is 0.547. The molecule has 168 valence electrons. The van der Waals surface area contributed by atoms with Gasteiger partial charge in [-0.1, -0.05) is 17.3 Å². The van der Waals surface area contributed by atoms with Crippen molar-refractivity contribution in [3.63, 3.8) is 0 Å². The summed E-state index contributed by atoms with van der Waals surface area (Å²) in [4.78, 5) is 14.1. The molecule has 31 heavy (non-hydrogen) atoms. The molecule has 0 saturated carbocycles. The number of fused-ring (bicyclic) bond motifs is 1. The number of carbonyl (C=O) groups excluding carboxylic acids is 1. The molecular weight excluding hydrogens is 401 g/mol. The number of nitrogens with one attached hydrogen (secondary N) is 1. The van der Waals surface area contributed by atoms with Crippen LogP contribution in [0.4, 0.5) is 4.39 Å². The Kier molecular flexibility index (Phi) is 6.82. The molecule has 0 amide bonds. The van der Waals surface area contributed by atoms with Crippen LogP contribution in [-0.2, 0) is 22.5 Å². The molecule has 1 N–H and O–H groups in total. The number of aromatic nitrogens is 3. The Labute approximate surface area is 181 Å². The maximum atomic E-state index is 13.4. The zero-order chi connectivity index (χ0) is 21.8. The molecule has 1 fully saturated rings. The van der Waals surface area contributed by atoms with Crippen molar-refractivity contribution in [3.05, 3.63) is 41.2 Å². The van der Waals surface area contributed by atoms with Crippen molar-refractivity contribution in [1.82, 2.24) is 25.2 Å². The first kappa shape index (κ1) is 21.7. The fraction of sp³-hybridized carbons (Fsp3) is 0.591. The molecule has 1 aromatic carbocycles. The quantitative estimate of drug-likeness (QED) is 0.671. The number of likely N-dealkylation sites (tertiary alicyclic amines) is 1. The van der Waals surface area contributed by atoms with E-state index in [4.69, 9.17) is 9.47 Å². The van der Waals surface area contributed by atoms with Crippen LogP contribution in [0.5, 0.6) is 5.75 Å². The van der Waals surface area contributed by atoms with Gasteiger partial charge >= 0.3 is 5.97 Å². The molecule has 1 aromatic heterocycles. The number of benzene rings is 1. The Bertz CT molecular complexity index is 897. The third-order valence-corrected chi connectivity index (χ3v) is 6.13. The number of halogens is 1. The van der Waals surface area contributed by atoms with Gasteiger partial charge in [-0.25, -0.2) is 9.07 Å². The van der Waals surface area contributed by atoms with Crippen LogP contribution in [-0.4, -0.2) is 71.9 Å². The number of carbonyl (C=O) groups is 1. The number of hydrogen-bond donors (Lipinski definition) is 1. The molecule has 1 saturated heterocycles. The van der Waals surface area contributed by atoms with E-state index in [0.717, 1.165) is 43.1 Å². The van der Waals surface area contributed by atoms with Gasteiger partial charge in [0.25, 0.3) is 0 Å². The van der Waals surface area contributed by atoms with Crippen LogP contribution in [0.15, 0.2) is 24.4 Å². The van der Waals surface area contributed by atoms with Gasteiger partial charge < -0.3 is 14.8 Å². The van der Waals surface area contributed by atoms with E-state index in [-0.39, 0.29) is 12.0 Å². The fourth-order valence-corrected chi connectivity index (χ4v) is 4.32. The number of piperidine rings is 1. The lowest BCUT2D eigenvalue weighted by Crippen LogP contribution is -2.37. The average molecular weight is 432 g/mol. The minimum atomic E-state index is -0.660. The molecule has 4 rings (SSSR count). The highest BCUT2D eigenvalue weighted by Gasteiger charge is 2.26. The highest BCUT2D eigenvalue weighted by atomic mass is 19.1. The summed E-state index contributed by atoms with van der Waals surface area (Å²) in [6, 6.07) is 5.89. The van der Waals surface area contributed by atoms with E-state index in [2.05, 4.69) is 38.7 Å². The van der Waals surface area contributed by atoms with Gasteiger partial charge in [0.15, 0.2) is 0 Å². The Morgan fingerprint density at radius 1 is 1.35 bits per heavy atom. The molecule has 8 nitrogen and oxygen atoms in total. The van der Waals surface area contributed by atoms with Crippen molar-refractivity contribution in [3.8, 4) is 5.75 Å². The number of rotatable bonds is 7. The number of methoxy groups -OCH3 is 1. The lowest BCUT2D eigenvalue weighted by atomic mass is 9.98. The first-order chi connectivity index (χ1) is 15.1. The normalized spacial score (nSPS) is 20.7. The van der Waals surface area contributed by atoms with Crippen molar-refractivity contribution in [1.29, 1.82) is 0 Å². The van der Waals surface area contributed by atoms with Crippen LogP contribution < -0.4 is 10.1 Å². The lowest BCUT2D eigenvalue weighted by Gasteiger charge is -2.30. The molecule has 9 heteroatoms. The Morgan fingerprint density at radius 2 is 2.16 bits per heavy atom. The second-order valence-corrected chi connectivity index (χ2v) is 8.23. The van der Waals surface area contributed by atoms with Crippen LogP contribution in [0.3, 0.4) is 0 Å². The number of alkyl halides is 1. The van der Waals surface area contributed by atoms with E-state index in [1.807, 2.05) is 10.9 Å². The molecular formula is C22H30FN5O3. The molecule has 0 bridgehead atoms. The maximum absolute atomic E-state index is 13.4. The number of nitrogens with zero attached hydrogens (tertiary/aromatic N) is 4. The van der Waals surface area contributed by atoms with Crippen LogP contribution >= 0.6 is 0 Å². The second kappa shape index (κ2) is 9.74. The summed E-state index contributed by atoms with van der Waals surface area (Å²) < 4.78 is 26.0. The van der Waals surface area contributed by atoms with Crippen LogP contribution in [0.2, 0.25) is 0 Å². The molecule has 2 aliphatic heterocycles. The van der Waals surface area contributed by atoms with E-state index in [0.29, 0.717) is 25.9 Å². The second-order valence-electron chi connectivity index (χ2n) is 8.23. The van der Waals surface area contributed by atoms with E-state index in [1.165, 1.54) is 12.7 Å². The van der Waals surface area contributed by atoms with Crippen LogP contribution in [0.1, 0.15) is 42.1 Å². The third kappa shape index (κ3) is 5.04. The zero-order valence-corrected chi connectivity index (χ0v) is 18.1.